The van der Waals surface area contributed by atoms with E-state index < -0.39 is 17.9 Å². The average Bonchev–Trinajstić information content (AvgIpc) is 2.13. The fraction of sp³-hybridized carbons (Fsp3) is 0.444. The first-order valence-electron chi connectivity index (χ1n) is 4.04. The van der Waals surface area contributed by atoms with Crippen LogP contribution in [0.4, 0.5) is 0 Å². The van der Waals surface area contributed by atoms with Crippen molar-refractivity contribution in [2.75, 3.05) is 6.61 Å². The third-order valence-electron chi connectivity index (χ3n) is 1.45. The molecular formula is C9H11NO4. The van der Waals surface area contributed by atoms with Crippen LogP contribution in [0.25, 0.3) is 0 Å². The van der Waals surface area contributed by atoms with Crippen LogP contribution in [-0.4, -0.2) is 23.7 Å². The Labute approximate surface area is 81.6 Å². The summed E-state index contributed by atoms with van der Waals surface area (Å²) >= 11 is 0. The summed E-state index contributed by atoms with van der Waals surface area (Å²) < 4.78 is 4.61. The van der Waals surface area contributed by atoms with Gasteiger partial charge in [0.1, 0.15) is 0 Å². The Morgan fingerprint density at radius 3 is 2.57 bits per heavy atom. The number of esters is 1. The fourth-order valence-electron chi connectivity index (χ4n) is 0.778. The number of hydrogen-bond acceptors (Lipinski definition) is 4. The van der Waals surface area contributed by atoms with Crippen LogP contribution in [-0.2, 0) is 14.3 Å². The number of hydrogen-bond donors (Lipinski definition) is 1. The van der Waals surface area contributed by atoms with Crippen LogP contribution < -0.4 is 0 Å². The number of aliphatic carboxylic acids is 1. The summed E-state index contributed by atoms with van der Waals surface area (Å²) in [6.07, 6.45) is 0.700. The molecule has 76 valence electrons. The number of carbonyl (C=O) groups excluding carboxylic acids is 1. The molecule has 0 aliphatic heterocycles. The lowest BCUT2D eigenvalue weighted by Crippen LogP contribution is -2.14. The summed E-state index contributed by atoms with van der Waals surface area (Å²) in [4.78, 5) is 21.5. The average molecular weight is 197 g/mol. The van der Waals surface area contributed by atoms with Crippen molar-refractivity contribution in [2.45, 2.75) is 13.8 Å². The number of carbonyl (C=O) groups is 2. The zero-order valence-electron chi connectivity index (χ0n) is 7.98. The van der Waals surface area contributed by atoms with E-state index in [1.165, 1.54) is 6.92 Å². The van der Waals surface area contributed by atoms with Crippen LogP contribution >= 0.6 is 0 Å². The van der Waals surface area contributed by atoms with Crippen LogP contribution in [0.15, 0.2) is 11.6 Å². The van der Waals surface area contributed by atoms with Crippen LogP contribution in [0, 0.1) is 17.2 Å². The maximum Gasteiger partial charge on any atom is 0.335 e. The van der Waals surface area contributed by atoms with Crippen LogP contribution in [0.3, 0.4) is 0 Å². The zero-order chi connectivity index (χ0) is 11.1. The van der Waals surface area contributed by atoms with Crippen molar-refractivity contribution in [2.24, 2.45) is 5.92 Å². The van der Waals surface area contributed by atoms with E-state index in [4.69, 9.17) is 10.4 Å². The number of ether oxygens (including phenoxy) is 1. The lowest BCUT2D eigenvalue weighted by atomic mass is 10.0. The molecule has 0 saturated heterocycles. The summed E-state index contributed by atoms with van der Waals surface area (Å²) in [5.74, 6) is -2.82. The van der Waals surface area contributed by atoms with E-state index in [1.54, 1.807) is 13.0 Å². The van der Waals surface area contributed by atoms with Crippen molar-refractivity contribution in [3.63, 3.8) is 0 Å². The second-order valence-corrected chi connectivity index (χ2v) is 2.51. The molecule has 0 fully saturated rings. The molecule has 0 heterocycles. The minimum atomic E-state index is -1.27. The van der Waals surface area contributed by atoms with Gasteiger partial charge in [0.15, 0.2) is 0 Å². The number of nitrogens with zero attached hydrogens (tertiary/aromatic N) is 1. The Morgan fingerprint density at radius 1 is 1.64 bits per heavy atom. The molecule has 0 aliphatic rings. The van der Waals surface area contributed by atoms with Gasteiger partial charge in [-0.25, -0.2) is 9.59 Å². The van der Waals surface area contributed by atoms with Gasteiger partial charge < -0.3 is 9.84 Å². The minimum absolute atomic E-state index is 0.137. The van der Waals surface area contributed by atoms with E-state index in [-0.39, 0.29) is 12.2 Å². The largest absolute Gasteiger partial charge is 0.478 e. The first-order valence-corrected chi connectivity index (χ1v) is 4.04. The summed E-state index contributed by atoms with van der Waals surface area (Å²) in [6.45, 7) is 3.19. The maximum atomic E-state index is 11.2. The molecule has 0 radical (unpaired) electrons. The smallest absolute Gasteiger partial charge is 0.335 e. The first kappa shape index (κ1) is 12.2. The van der Waals surface area contributed by atoms with Gasteiger partial charge in [-0.1, -0.05) is 0 Å². The van der Waals surface area contributed by atoms with Gasteiger partial charge in [-0.3, -0.25) is 0 Å². The van der Waals surface area contributed by atoms with Crippen molar-refractivity contribution in [1.82, 2.24) is 0 Å². The molecule has 0 aromatic carbocycles. The van der Waals surface area contributed by atoms with E-state index in [9.17, 15) is 9.59 Å². The highest BCUT2D eigenvalue weighted by Gasteiger charge is 2.18. The number of carboxylic acids is 1. The van der Waals surface area contributed by atoms with Gasteiger partial charge in [0, 0.05) is 6.08 Å². The van der Waals surface area contributed by atoms with E-state index >= 15 is 0 Å². The molecule has 1 atom stereocenters. The predicted octanol–water partition coefficient (Wildman–Crippen LogP) is 0.720. The topological polar surface area (TPSA) is 87.4 Å². The molecule has 14 heavy (non-hydrogen) atoms. The quantitative estimate of drug-likeness (QED) is 0.530. The molecule has 0 spiro atoms. The highest BCUT2D eigenvalue weighted by atomic mass is 16.5. The van der Waals surface area contributed by atoms with E-state index in [1.807, 2.05) is 0 Å². The van der Waals surface area contributed by atoms with Gasteiger partial charge in [-0.2, -0.15) is 5.26 Å². The Balaban J connectivity index is 4.84. The van der Waals surface area contributed by atoms with Gasteiger partial charge in [0.05, 0.1) is 24.2 Å². The Bertz CT molecular complexity index is 300. The summed E-state index contributed by atoms with van der Waals surface area (Å²) in [5, 5.41) is 17.0. The molecule has 0 saturated carbocycles. The molecule has 0 aliphatic carbocycles. The summed E-state index contributed by atoms with van der Waals surface area (Å²) in [5.41, 5.74) is -0.137. The summed E-state index contributed by atoms with van der Waals surface area (Å²) in [6, 6.07) is 1.78. The summed E-state index contributed by atoms with van der Waals surface area (Å²) in [7, 11) is 0. The molecular weight excluding hydrogens is 186 g/mol. The van der Waals surface area contributed by atoms with Crippen molar-refractivity contribution >= 4 is 11.9 Å². The van der Waals surface area contributed by atoms with Gasteiger partial charge in [0.2, 0.25) is 0 Å². The molecule has 1 unspecified atom stereocenters. The van der Waals surface area contributed by atoms with Gasteiger partial charge in [-0.05, 0) is 13.8 Å². The number of nitriles is 1. The fourth-order valence-corrected chi connectivity index (χ4v) is 0.778. The van der Waals surface area contributed by atoms with Crippen LogP contribution in [0.5, 0.6) is 0 Å². The normalized spacial score (nSPS) is 12.8. The maximum absolute atomic E-state index is 11.2. The van der Waals surface area contributed by atoms with E-state index in [0.29, 0.717) is 6.08 Å². The minimum Gasteiger partial charge on any atom is -0.478 e. The van der Waals surface area contributed by atoms with Crippen molar-refractivity contribution in [1.29, 1.82) is 5.26 Å². The third kappa shape index (κ3) is 3.72. The van der Waals surface area contributed by atoms with E-state index in [0.717, 1.165) is 0 Å². The molecule has 0 aromatic rings. The van der Waals surface area contributed by atoms with Gasteiger partial charge >= 0.3 is 11.9 Å². The monoisotopic (exact) mass is 197 g/mol. The first-order chi connectivity index (χ1) is 6.52. The van der Waals surface area contributed by atoms with E-state index in [2.05, 4.69) is 4.74 Å². The molecule has 0 aromatic heterocycles. The Morgan fingerprint density at radius 2 is 2.21 bits per heavy atom. The molecule has 0 bridgehead atoms. The van der Waals surface area contributed by atoms with Crippen LogP contribution in [0.1, 0.15) is 13.8 Å². The second kappa shape index (κ2) is 5.75. The Hall–Kier alpha value is -1.83. The third-order valence-corrected chi connectivity index (χ3v) is 1.45. The van der Waals surface area contributed by atoms with Crippen molar-refractivity contribution in [3.05, 3.63) is 11.6 Å². The second-order valence-electron chi connectivity index (χ2n) is 2.51. The Kier molecular flexibility index (Phi) is 5.00. The molecule has 1 N–H and O–H groups in total. The lowest BCUT2D eigenvalue weighted by Gasteiger charge is -2.06. The zero-order valence-corrected chi connectivity index (χ0v) is 7.98. The van der Waals surface area contributed by atoms with Gasteiger partial charge in [0.25, 0.3) is 0 Å². The van der Waals surface area contributed by atoms with Crippen molar-refractivity contribution in [3.8, 4) is 6.07 Å². The molecule has 5 nitrogen and oxygen atoms in total. The highest BCUT2D eigenvalue weighted by molar-refractivity contribution is 5.96. The predicted molar refractivity (Wildman–Crippen MR) is 47.1 cm³/mol. The molecule has 0 rings (SSSR count). The number of rotatable bonds is 4. The molecule has 0 amide bonds. The number of carboxylic acid groups (broad SMARTS) is 1. The molecule has 5 heteroatoms. The standard InChI is InChI=1S/C9H11NO4/c1-3-14-9(13)7(4-8(11)12)6(2)5-10/h4,6H,3H2,1-2H3,(H,11,12)/b7-4-. The lowest BCUT2D eigenvalue weighted by molar-refractivity contribution is -0.140. The SMILES string of the molecule is CCOC(=O)/C(=C\C(=O)O)C(C)C#N. The van der Waals surface area contributed by atoms with Gasteiger partial charge in [-0.15, -0.1) is 0 Å². The van der Waals surface area contributed by atoms with Crippen molar-refractivity contribution < 1.29 is 19.4 Å². The highest BCUT2D eigenvalue weighted by Crippen LogP contribution is 2.11. The van der Waals surface area contributed by atoms with Crippen LogP contribution in [0.2, 0.25) is 0 Å².